The minimum absolute atomic E-state index is 0.0176. The molecule has 2 N–H and O–H groups in total. The van der Waals surface area contributed by atoms with Gasteiger partial charge in [0, 0.05) is 0 Å². The van der Waals surface area contributed by atoms with Crippen molar-refractivity contribution < 1.29 is 18.0 Å². The number of nitrogens with one attached hydrogen (secondary N) is 2. The van der Waals surface area contributed by atoms with Gasteiger partial charge in [0.05, 0.1) is 29.7 Å². The Bertz CT molecular complexity index is 972. The summed E-state index contributed by atoms with van der Waals surface area (Å²) in [4.78, 5) is 24.5. The van der Waals surface area contributed by atoms with Gasteiger partial charge in [-0.3, -0.25) is 20.4 Å². The standard InChI is InChI=1S/C17H19ClN4O4S/c1-11-14(15(18)22(21-11)9-12-5-3-2-4-6-12)17(24)20-19-16(23)13-7-8-27(25,26)10-13/h2-6,13H,7-10H2,1H3,(H,19,23)(H,20,24)/t13-/m0/s1. The molecule has 1 aliphatic heterocycles. The Hall–Kier alpha value is -2.39. The summed E-state index contributed by atoms with van der Waals surface area (Å²) in [5.41, 5.74) is 6.12. The summed E-state index contributed by atoms with van der Waals surface area (Å²) in [7, 11) is -3.18. The molecule has 0 bridgehead atoms. The zero-order chi connectivity index (χ0) is 19.6. The van der Waals surface area contributed by atoms with E-state index in [1.807, 2.05) is 30.3 Å². The number of aromatic nitrogens is 2. The predicted octanol–water partition coefficient (Wildman–Crippen LogP) is 1.09. The molecular weight excluding hydrogens is 392 g/mol. The fourth-order valence-electron chi connectivity index (χ4n) is 2.96. The van der Waals surface area contributed by atoms with Crippen LogP contribution in [0.25, 0.3) is 0 Å². The average Bonchev–Trinajstić information content (AvgIpc) is 3.12. The van der Waals surface area contributed by atoms with Crippen LogP contribution in [0.1, 0.15) is 28.0 Å². The van der Waals surface area contributed by atoms with Crippen LogP contribution in [0, 0.1) is 12.8 Å². The molecule has 8 nitrogen and oxygen atoms in total. The van der Waals surface area contributed by atoms with E-state index in [1.54, 1.807) is 6.92 Å². The number of aryl methyl sites for hydroxylation is 1. The van der Waals surface area contributed by atoms with E-state index < -0.39 is 27.6 Å². The number of sulfone groups is 1. The molecule has 2 heterocycles. The van der Waals surface area contributed by atoms with Crippen LogP contribution < -0.4 is 10.9 Å². The molecule has 0 radical (unpaired) electrons. The van der Waals surface area contributed by atoms with Crippen molar-refractivity contribution in [3.05, 3.63) is 52.3 Å². The van der Waals surface area contributed by atoms with Gasteiger partial charge in [-0.1, -0.05) is 41.9 Å². The number of hydrogen-bond donors (Lipinski definition) is 2. The lowest BCUT2D eigenvalue weighted by Crippen LogP contribution is -2.45. The van der Waals surface area contributed by atoms with E-state index >= 15 is 0 Å². The molecule has 0 saturated carbocycles. The van der Waals surface area contributed by atoms with Crippen LogP contribution in [-0.2, 0) is 21.2 Å². The zero-order valence-corrected chi connectivity index (χ0v) is 16.2. The minimum Gasteiger partial charge on any atom is -0.273 e. The number of hydrogen-bond acceptors (Lipinski definition) is 5. The maximum atomic E-state index is 12.4. The molecule has 0 unspecified atom stereocenters. The topological polar surface area (TPSA) is 110 Å². The molecular formula is C17H19ClN4O4S. The van der Waals surface area contributed by atoms with Gasteiger partial charge in [-0.25, -0.2) is 13.1 Å². The van der Waals surface area contributed by atoms with Crippen LogP contribution >= 0.6 is 11.6 Å². The van der Waals surface area contributed by atoms with E-state index in [4.69, 9.17) is 11.6 Å². The average molecular weight is 411 g/mol. The first kappa shape index (κ1) is 19.4. The van der Waals surface area contributed by atoms with Crippen LogP contribution in [0.5, 0.6) is 0 Å². The van der Waals surface area contributed by atoms with Gasteiger partial charge in [0.25, 0.3) is 5.91 Å². The highest BCUT2D eigenvalue weighted by Crippen LogP contribution is 2.21. The Morgan fingerprint density at radius 3 is 2.59 bits per heavy atom. The third-order valence-corrected chi connectivity index (χ3v) is 6.52. The third kappa shape index (κ3) is 4.48. The third-order valence-electron chi connectivity index (χ3n) is 4.37. The summed E-state index contributed by atoms with van der Waals surface area (Å²) in [6.45, 7) is 2.05. The zero-order valence-electron chi connectivity index (χ0n) is 14.6. The monoisotopic (exact) mass is 410 g/mol. The first-order valence-corrected chi connectivity index (χ1v) is 10.5. The maximum Gasteiger partial charge on any atom is 0.274 e. The number of hydrazine groups is 1. The van der Waals surface area contributed by atoms with Crippen molar-refractivity contribution in [2.24, 2.45) is 5.92 Å². The van der Waals surface area contributed by atoms with Crippen LogP contribution in [-0.4, -0.2) is 41.5 Å². The second kappa shape index (κ2) is 7.69. The lowest BCUT2D eigenvalue weighted by atomic mass is 10.1. The van der Waals surface area contributed by atoms with E-state index in [-0.39, 0.29) is 28.6 Å². The first-order chi connectivity index (χ1) is 12.8. The van der Waals surface area contributed by atoms with E-state index in [2.05, 4.69) is 16.0 Å². The van der Waals surface area contributed by atoms with Crippen molar-refractivity contribution >= 4 is 33.3 Å². The lowest BCUT2D eigenvalue weighted by molar-refractivity contribution is -0.125. The summed E-state index contributed by atoms with van der Waals surface area (Å²) in [5, 5.41) is 4.44. The molecule has 27 heavy (non-hydrogen) atoms. The molecule has 1 atom stereocenters. The Kier molecular flexibility index (Phi) is 5.52. The number of carbonyl (C=O) groups excluding carboxylic acids is 2. The van der Waals surface area contributed by atoms with Crippen LogP contribution in [0.3, 0.4) is 0 Å². The largest absolute Gasteiger partial charge is 0.274 e. The van der Waals surface area contributed by atoms with E-state index in [1.165, 1.54) is 4.68 Å². The summed E-state index contributed by atoms with van der Waals surface area (Å²) in [6.07, 6.45) is 0.249. The van der Waals surface area contributed by atoms with Gasteiger partial charge in [-0.2, -0.15) is 5.10 Å². The van der Waals surface area contributed by atoms with Crippen molar-refractivity contribution in [1.29, 1.82) is 0 Å². The van der Waals surface area contributed by atoms with Gasteiger partial charge in [0.1, 0.15) is 10.7 Å². The molecule has 1 saturated heterocycles. The number of benzene rings is 1. The highest BCUT2D eigenvalue weighted by molar-refractivity contribution is 7.91. The number of halogens is 1. The summed E-state index contributed by atoms with van der Waals surface area (Å²) >= 11 is 6.30. The highest BCUT2D eigenvalue weighted by Gasteiger charge is 2.33. The predicted molar refractivity (Wildman–Crippen MR) is 99.9 cm³/mol. The fourth-order valence-corrected chi connectivity index (χ4v) is 5.02. The Balaban J connectivity index is 1.65. The van der Waals surface area contributed by atoms with Gasteiger partial charge < -0.3 is 0 Å². The van der Waals surface area contributed by atoms with Gasteiger partial charge in [-0.05, 0) is 18.9 Å². The van der Waals surface area contributed by atoms with Crippen LogP contribution in [0.15, 0.2) is 30.3 Å². The quantitative estimate of drug-likeness (QED) is 0.733. The number of nitrogens with zero attached hydrogens (tertiary/aromatic N) is 2. The molecule has 1 fully saturated rings. The molecule has 144 valence electrons. The Morgan fingerprint density at radius 1 is 1.26 bits per heavy atom. The molecule has 3 rings (SSSR count). The van der Waals surface area contributed by atoms with Gasteiger partial charge in [0.15, 0.2) is 9.84 Å². The highest BCUT2D eigenvalue weighted by atomic mass is 35.5. The fraction of sp³-hybridized carbons (Fsp3) is 0.353. The van der Waals surface area contributed by atoms with E-state index in [0.29, 0.717) is 12.2 Å². The molecule has 1 aromatic carbocycles. The van der Waals surface area contributed by atoms with Crippen molar-refractivity contribution in [2.75, 3.05) is 11.5 Å². The van der Waals surface area contributed by atoms with Crippen molar-refractivity contribution in [3.8, 4) is 0 Å². The van der Waals surface area contributed by atoms with E-state index in [0.717, 1.165) is 5.56 Å². The Labute approximate surface area is 161 Å². The number of rotatable bonds is 4. The smallest absolute Gasteiger partial charge is 0.273 e. The number of amides is 2. The lowest BCUT2D eigenvalue weighted by Gasteiger charge is -2.10. The first-order valence-electron chi connectivity index (χ1n) is 8.34. The summed E-state index contributed by atoms with van der Waals surface area (Å²) in [6, 6.07) is 9.53. The minimum atomic E-state index is -3.18. The maximum absolute atomic E-state index is 12.4. The second-order valence-corrected chi connectivity index (χ2v) is 9.02. The summed E-state index contributed by atoms with van der Waals surface area (Å²) < 4.78 is 24.4. The number of carbonyl (C=O) groups is 2. The second-order valence-electron chi connectivity index (χ2n) is 6.44. The van der Waals surface area contributed by atoms with Crippen LogP contribution in [0.4, 0.5) is 0 Å². The van der Waals surface area contributed by atoms with Crippen molar-refractivity contribution in [3.63, 3.8) is 0 Å². The molecule has 2 amide bonds. The summed E-state index contributed by atoms with van der Waals surface area (Å²) in [5.74, 6) is -2.02. The van der Waals surface area contributed by atoms with Crippen molar-refractivity contribution in [1.82, 2.24) is 20.6 Å². The van der Waals surface area contributed by atoms with E-state index in [9.17, 15) is 18.0 Å². The molecule has 1 aliphatic rings. The van der Waals surface area contributed by atoms with Gasteiger partial charge in [0.2, 0.25) is 5.91 Å². The molecule has 0 spiro atoms. The Morgan fingerprint density at radius 2 is 1.96 bits per heavy atom. The molecule has 1 aromatic heterocycles. The van der Waals surface area contributed by atoms with Gasteiger partial charge in [-0.15, -0.1) is 0 Å². The molecule has 0 aliphatic carbocycles. The van der Waals surface area contributed by atoms with Crippen LogP contribution in [0.2, 0.25) is 5.15 Å². The van der Waals surface area contributed by atoms with Crippen molar-refractivity contribution in [2.45, 2.75) is 19.9 Å². The van der Waals surface area contributed by atoms with Gasteiger partial charge >= 0.3 is 0 Å². The molecule has 10 heteroatoms. The SMILES string of the molecule is Cc1nn(Cc2ccccc2)c(Cl)c1C(=O)NNC(=O)[C@H]1CCS(=O)(=O)C1. The normalized spacial score (nSPS) is 18.2. The molecule has 2 aromatic rings.